The van der Waals surface area contributed by atoms with Gasteiger partial charge in [-0.15, -0.1) is 0 Å². The Bertz CT molecular complexity index is 411. The van der Waals surface area contributed by atoms with Crippen LogP contribution in [-0.4, -0.2) is 54.6 Å². The molecule has 6 heteroatoms. The van der Waals surface area contributed by atoms with Gasteiger partial charge in [0.05, 0.1) is 0 Å². The Kier molecular flexibility index (Phi) is 7.23. The number of anilines is 2. The fourth-order valence-electron chi connectivity index (χ4n) is 2.22. The molecule has 1 unspecified atom stereocenters. The van der Waals surface area contributed by atoms with Gasteiger partial charge in [-0.3, -0.25) is 0 Å². The number of rotatable bonds is 8. The molecular weight excluding hydrogens is 318 g/mol. The molecule has 114 valence electrons. The zero-order chi connectivity index (χ0) is 15.1. The lowest BCUT2D eigenvalue weighted by atomic mass is 10.2. The van der Waals surface area contributed by atoms with Gasteiger partial charge in [0, 0.05) is 25.7 Å². The number of hydrogen-bond acceptors (Lipinski definition) is 5. The molecule has 0 aliphatic carbocycles. The summed E-state index contributed by atoms with van der Waals surface area (Å²) < 4.78 is 0.945. The zero-order valence-corrected chi connectivity index (χ0v) is 14.7. The first-order chi connectivity index (χ1) is 9.51. The van der Waals surface area contributed by atoms with Crippen LogP contribution in [0, 0.1) is 0 Å². The minimum absolute atomic E-state index is 0.389. The highest BCUT2D eigenvalue weighted by Gasteiger charge is 2.19. The van der Waals surface area contributed by atoms with E-state index < -0.39 is 0 Å². The summed E-state index contributed by atoms with van der Waals surface area (Å²) in [6, 6.07) is 0.389. The zero-order valence-electron chi connectivity index (χ0n) is 13.1. The van der Waals surface area contributed by atoms with Gasteiger partial charge in [-0.05, 0) is 50.3 Å². The number of nitrogens with one attached hydrogen (secondary N) is 1. The van der Waals surface area contributed by atoms with Crippen molar-refractivity contribution < 1.29 is 0 Å². The van der Waals surface area contributed by atoms with E-state index in [1.54, 1.807) is 6.33 Å². The molecule has 0 fully saturated rings. The number of likely N-dealkylation sites (N-methyl/N-ethyl adjacent to an activating group) is 2. The molecule has 0 saturated heterocycles. The molecule has 1 aromatic rings. The van der Waals surface area contributed by atoms with Crippen LogP contribution in [0.3, 0.4) is 0 Å². The maximum Gasteiger partial charge on any atom is 0.148 e. The standard InChI is InChI=1S/C14H26BrN5/c1-6-8-16-13-12(15)14(18-10-17-13)20(7-2)11(3)9-19(4)5/h10-11H,6-9H2,1-5H3,(H,16,17,18). The van der Waals surface area contributed by atoms with Gasteiger partial charge < -0.3 is 15.1 Å². The summed E-state index contributed by atoms with van der Waals surface area (Å²) >= 11 is 3.64. The molecule has 0 radical (unpaired) electrons. The minimum atomic E-state index is 0.389. The molecule has 0 bridgehead atoms. The average Bonchev–Trinajstić information content (AvgIpc) is 2.39. The van der Waals surface area contributed by atoms with Gasteiger partial charge in [-0.25, -0.2) is 9.97 Å². The number of hydrogen-bond donors (Lipinski definition) is 1. The van der Waals surface area contributed by atoms with Crippen LogP contribution in [0.15, 0.2) is 10.8 Å². The van der Waals surface area contributed by atoms with Crippen molar-refractivity contribution in [2.24, 2.45) is 0 Å². The fourth-order valence-corrected chi connectivity index (χ4v) is 2.80. The molecule has 0 aliphatic rings. The maximum absolute atomic E-state index is 4.46. The van der Waals surface area contributed by atoms with Crippen molar-refractivity contribution in [2.45, 2.75) is 33.2 Å². The summed E-state index contributed by atoms with van der Waals surface area (Å²) in [5, 5.41) is 3.33. The second kappa shape index (κ2) is 8.42. The Morgan fingerprint density at radius 2 is 2.00 bits per heavy atom. The van der Waals surface area contributed by atoms with E-state index in [0.29, 0.717) is 6.04 Å². The summed E-state index contributed by atoms with van der Waals surface area (Å²) in [5.74, 6) is 1.82. The van der Waals surface area contributed by atoms with Crippen molar-refractivity contribution in [3.8, 4) is 0 Å². The van der Waals surface area contributed by atoms with Crippen molar-refractivity contribution in [2.75, 3.05) is 43.9 Å². The highest BCUT2D eigenvalue weighted by Crippen LogP contribution is 2.30. The lowest BCUT2D eigenvalue weighted by Gasteiger charge is -2.31. The Morgan fingerprint density at radius 3 is 2.55 bits per heavy atom. The molecule has 1 heterocycles. The summed E-state index contributed by atoms with van der Waals surface area (Å²) in [7, 11) is 4.18. The second-order valence-electron chi connectivity index (χ2n) is 5.18. The van der Waals surface area contributed by atoms with Crippen LogP contribution < -0.4 is 10.2 Å². The average molecular weight is 344 g/mol. The second-order valence-corrected chi connectivity index (χ2v) is 5.98. The van der Waals surface area contributed by atoms with Gasteiger partial charge >= 0.3 is 0 Å². The van der Waals surface area contributed by atoms with Crippen LogP contribution in [0.5, 0.6) is 0 Å². The van der Waals surface area contributed by atoms with Gasteiger partial charge in [0.2, 0.25) is 0 Å². The predicted octanol–water partition coefficient (Wildman–Crippen LogP) is 2.84. The van der Waals surface area contributed by atoms with Gasteiger partial charge in [0.25, 0.3) is 0 Å². The normalized spacial score (nSPS) is 12.6. The summed E-state index contributed by atoms with van der Waals surface area (Å²) in [6.45, 7) is 9.33. The Morgan fingerprint density at radius 1 is 1.30 bits per heavy atom. The summed E-state index contributed by atoms with van der Waals surface area (Å²) in [5.41, 5.74) is 0. The third-order valence-electron chi connectivity index (χ3n) is 3.09. The SMILES string of the molecule is CCCNc1ncnc(N(CC)C(C)CN(C)C)c1Br. The quantitative estimate of drug-likeness (QED) is 0.786. The third kappa shape index (κ3) is 4.59. The molecule has 1 atom stereocenters. The minimum Gasteiger partial charge on any atom is -0.369 e. The molecule has 5 nitrogen and oxygen atoms in total. The van der Waals surface area contributed by atoms with E-state index in [4.69, 9.17) is 0 Å². The van der Waals surface area contributed by atoms with Crippen molar-refractivity contribution in [3.63, 3.8) is 0 Å². The Labute approximate surface area is 130 Å². The molecule has 0 aliphatic heterocycles. The molecule has 0 amide bonds. The highest BCUT2D eigenvalue weighted by atomic mass is 79.9. The molecular formula is C14H26BrN5. The van der Waals surface area contributed by atoms with E-state index in [2.05, 4.69) is 75.9 Å². The maximum atomic E-state index is 4.46. The first kappa shape index (κ1) is 17.2. The van der Waals surface area contributed by atoms with E-state index in [9.17, 15) is 0 Å². The molecule has 0 spiro atoms. The van der Waals surface area contributed by atoms with Gasteiger partial charge in [0.15, 0.2) is 0 Å². The predicted molar refractivity (Wildman–Crippen MR) is 89.5 cm³/mol. The van der Waals surface area contributed by atoms with E-state index >= 15 is 0 Å². The van der Waals surface area contributed by atoms with Crippen LogP contribution in [0.25, 0.3) is 0 Å². The van der Waals surface area contributed by atoms with Crippen molar-refractivity contribution in [1.82, 2.24) is 14.9 Å². The molecule has 1 aromatic heterocycles. The third-order valence-corrected chi connectivity index (χ3v) is 3.82. The van der Waals surface area contributed by atoms with Crippen molar-refractivity contribution in [1.29, 1.82) is 0 Å². The van der Waals surface area contributed by atoms with Gasteiger partial charge in [0.1, 0.15) is 22.4 Å². The summed E-state index contributed by atoms with van der Waals surface area (Å²) in [4.78, 5) is 13.3. The monoisotopic (exact) mass is 343 g/mol. The molecule has 20 heavy (non-hydrogen) atoms. The largest absolute Gasteiger partial charge is 0.369 e. The van der Waals surface area contributed by atoms with Crippen LogP contribution in [-0.2, 0) is 0 Å². The summed E-state index contributed by atoms with van der Waals surface area (Å²) in [6.07, 6.45) is 2.70. The van der Waals surface area contributed by atoms with Crippen LogP contribution in [0.2, 0.25) is 0 Å². The molecule has 1 rings (SSSR count). The van der Waals surface area contributed by atoms with E-state index in [1.165, 1.54) is 0 Å². The van der Waals surface area contributed by atoms with E-state index in [1.807, 2.05) is 0 Å². The fraction of sp³-hybridized carbons (Fsp3) is 0.714. The van der Waals surface area contributed by atoms with E-state index in [0.717, 1.165) is 42.2 Å². The van der Waals surface area contributed by atoms with Crippen molar-refractivity contribution >= 4 is 27.6 Å². The van der Waals surface area contributed by atoms with Gasteiger partial charge in [-0.1, -0.05) is 6.92 Å². The molecule has 0 aromatic carbocycles. The topological polar surface area (TPSA) is 44.3 Å². The van der Waals surface area contributed by atoms with Gasteiger partial charge in [-0.2, -0.15) is 0 Å². The number of halogens is 1. The lowest BCUT2D eigenvalue weighted by Crippen LogP contribution is -2.40. The smallest absolute Gasteiger partial charge is 0.148 e. The lowest BCUT2D eigenvalue weighted by molar-refractivity contribution is 0.372. The first-order valence-electron chi connectivity index (χ1n) is 7.16. The van der Waals surface area contributed by atoms with Crippen LogP contribution in [0.4, 0.5) is 11.6 Å². The van der Waals surface area contributed by atoms with Crippen LogP contribution >= 0.6 is 15.9 Å². The highest BCUT2D eigenvalue weighted by molar-refractivity contribution is 9.10. The van der Waals surface area contributed by atoms with Crippen LogP contribution in [0.1, 0.15) is 27.2 Å². The molecule has 1 N–H and O–H groups in total. The number of nitrogens with zero attached hydrogens (tertiary/aromatic N) is 4. The van der Waals surface area contributed by atoms with E-state index in [-0.39, 0.29) is 0 Å². The Hall–Kier alpha value is -0.880. The Balaban J connectivity index is 2.97. The van der Waals surface area contributed by atoms with Crippen molar-refractivity contribution in [3.05, 3.63) is 10.8 Å². The molecule has 0 saturated carbocycles. The number of aromatic nitrogens is 2. The first-order valence-corrected chi connectivity index (χ1v) is 7.96.